The minimum absolute atomic E-state index is 0.455. The molecule has 0 aromatic heterocycles. The second-order valence-electron chi connectivity index (χ2n) is 4.42. The summed E-state index contributed by atoms with van der Waals surface area (Å²) in [5.74, 6) is 0.455. The third-order valence-corrected chi connectivity index (χ3v) is 4.14. The smallest absolute Gasteiger partial charge is 0.0922 e. The van der Waals surface area contributed by atoms with Crippen LogP contribution in [-0.2, 0) is 5.60 Å². The van der Waals surface area contributed by atoms with Gasteiger partial charge in [-0.1, -0.05) is 41.4 Å². The van der Waals surface area contributed by atoms with Gasteiger partial charge in [-0.3, -0.25) is 0 Å². The predicted octanol–water partition coefficient (Wildman–Crippen LogP) is 3.85. The van der Waals surface area contributed by atoms with E-state index in [0.717, 1.165) is 29.3 Å². The fraction of sp³-hybridized carbons (Fsp3) is 0.538. The molecule has 1 saturated carbocycles. The van der Waals surface area contributed by atoms with Crippen LogP contribution in [0.25, 0.3) is 0 Å². The summed E-state index contributed by atoms with van der Waals surface area (Å²) in [5, 5.41) is 10.7. The monoisotopic (exact) mass is 268 g/mol. The Balaban J connectivity index is 2.32. The molecule has 1 aromatic carbocycles. The van der Waals surface area contributed by atoms with Crippen molar-refractivity contribution in [2.24, 2.45) is 5.92 Å². The SMILES string of the molecule is CCC(O)(c1cccc(Br)c1)C1CCC1. The molecule has 2 heteroatoms. The second kappa shape index (κ2) is 4.26. The topological polar surface area (TPSA) is 20.2 Å². The van der Waals surface area contributed by atoms with Crippen LogP contribution in [-0.4, -0.2) is 5.11 Å². The molecule has 0 heterocycles. The van der Waals surface area contributed by atoms with E-state index in [0.29, 0.717) is 5.92 Å². The van der Waals surface area contributed by atoms with Crippen LogP contribution in [0.3, 0.4) is 0 Å². The van der Waals surface area contributed by atoms with Crippen molar-refractivity contribution in [3.63, 3.8) is 0 Å². The van der Waals surface area contributed by atoms with E-state index in [-0.39, 0.29) is 0 Å². The molecule has 82 valence electrons. The molecule has 1 aromatic rings. The summed E-state index contributed by atoms with van der Waals surface area (Å²) in [5.41, 5.74) is 0.450. The van der Waals surface area contributed by atoms with Crippen LogP contribution in [0.1, 0.15) is 38.2 Å². The molecule has 1 fully saturated rings. The summed E-state index contributed by atoms with van der Waals surface area (Å²) in [6.07, 6.45) is 4.39. The van der Waals surface area contributed by atoms with Crippen molar-refractivity contribution in [2.75, 3.05) is 0 Å². The van der Waals surface area contributed by atoms with Crippen molar-refractivity contribution >= 4 is 15.9 Å². The molecule has 0 bridgehead atoms. The average molecular weight is 269 g/mol. The Hall–Kier alpha value is -0.340. The molecule has 1 N–H and O–H groups in total. The number of rotatable bonds is 3. The van der Waals surface area contributed by atoms with Crippen LogP contribution in [0, 0.1) is 5.92 Å². The Labute approximate surface area is 99.6 Å². The molecule has 1 atom stereocenters. The van der Waals surface area contributed by atoms with E-state index < -0.39 is 5.60 Å². The number of aliphatic hydroxyl groups is 1. The van der Waals surface area contributed by atoms with Crippen LogP contribution in [0.4, 0.5) is 0 Å². The lowest BCUT2D eigenvalue weighted by Crippen LogP contribution is -2.38. The van der Waals surface area contributed by atoms with Gasteiger partial charge in [0.15, 0.2) is 0 Å². The summed E-state index contributed by atoms with van der Waals surface area (Å²) in [4.78, 5) is 0. The van der Waals surface area contributed by atoms with Gasteiger partial charge < -0.3 is 5.11 Å². The summed E-state index contributed by atoms with van der Waals surface area (Å²) < 4.78 is 1.05. The third kappa shape index (κ3) is 1.98. The van der Waals surface area contributed by atoms with E-state index in [2.05, 4.69) is 22.9 Å². The highest BCUT2D eigenvalue weighted by molar-refractivity contribution is 9.10. The Morgan fingerprint density at radius 3 is 2.67 bits per heavy atom. The number of halogens is 1. The summed E-state index contributed by atoms with van der Waals surface area (Å²) in [7, 11) is 0. The van der Waals surface area contributed by atoms with E-state index in [9.17, 15) is 5.11 Å². The standard InChI is InChI=1S/C13H17BrO/c1-2-13(15,10-5-3-6-10)11-7-4-8-12(14)9-11/h4,7-10,15H,2-3,5-6H2,1H3. The fourth-order valence-electron chi connectivity index (χ4n) is 2.37. The average Bonchev–Trinajstić information content (AvgIpc) is 2.15. The largest absolute Gasteiger partial charge is 0.385 e. The lowest BCUT2D eigenvalue weighted by Gasteiger charge is -2.41. The zero-order chi connectivity index (χ0) is 10.9. The first-order valence-electron chi connectivity index (χ1n) is 5.65. The first-order chi connectivity index (χ1) is 7.16. The van der Waals surface area contributed by atoms with Gasteiger partial charge >= 0.3 is 0 Å². The zero-order valence-corrected chi connectivity index (χ0v) is 10.6. The van der Waals surface area contributed by atoms with Gasteiger partial charge in [0.25, 0.3) is 0 Å². The van der Waals surface area contributed by atoms with Crippen LogP contribution < -0.4 is 0 Å². The van der Waals surface area contributed by atoms with Crippen LogP contribution in [0.2, 0.25) is 0 Å². The highest BCUT2D eigenvalue weighted by Crippen LogP contribution is 2.44. The minimum atomic E-state index is -0.609. The van der Waals surface area contributed by atoms with Crippen LogP contribution in [0.15, 0.2) is 28.7 Å². The molecule has 1 nitrogen and oxygen atoms in total. The molecule has 0 aliphatic heterocycles. The normalized spacial score (nSPS) is 20.7. The van der Waals surface area contributed by atoms with Gasteiger partial charge in [0.05, 0.1) is 5.60 Å². The van der Waals surface area contributed by atoms with E-state index in [1.165, 1.54) is 6.42 Å². The first-order valence-corrected chi connectivity index (χ1v) is 6.44. The molecule has 0 saturated heterocycles. The van der Waals surface area contributed by atoms with Crippen LogP contribution in [0.5, 0.6) is 0 Å². The van der Waals surface area contributed by atoms with Crippen molar-refractivity contribution in [2.45, 2.75) is 38.2 Å². The van der Waals surface area contributed by atoms with Gasteiger partial charge in [0.2, 0.25) is 0 Å². The van der Waals surface area contributed by atoms with E-state index in [1.54, 1.807) is 0 Å². The van der Waals surface area contributed by atoms with Crippen molar-refractivity contribution in [1.29, 1.82) is 0 Å². The minimum Gasteiger partial charge on any atom is -0.385 e. The zero-order valence-electron chi connectivity index (χ0n) is 9.04. The Morgan fingerprint density at radius 1 is 1.47 bits per heavy atom. The second-order valence-corrected chi connectivity index (χ2v) is 5.33. The van der Waals surface area contributed by atoms with Gasteiger partial charge in [-0.15, -0.1) is 0 Å². The van der Waals surface area contributed by atoms with Gasteiger partial charge in [-0.25, -0.2) is 0 Å². The molecular weight excluding hydrogens is 252 g/mol. The molecule has 0 amide bonds. The third-order valence-electron chi connectivity index (χ3n) is 3.64. The first kappa shape index (κ1) is 11.2. The molecule has 15 heavy (non-hydrogen) atoms. The maximum absolute atomic E-state index is 10.7. The van der Waals surface area contributed by atoms with Crippen molar-refractivity contribution in [1.82, 2.24) is 0 Å². The number of benzene rings is 1. The maximum atomic E-state index is 10.7. The Morgan fingerprint density at radius 2 is 2.20 bits per heavy atom. The Bertz CT molecular complexity index is 346. The summed E-state index contributed by atoms with van der Waals surface area (Å²) in [6.45, 7) is 2.07. The molecule has 0 radical (unpaired) electrons. The van der Waals surface area contributed by atoms with Crippen molar-refractivity contribution in [3.05, 3.63) is 34.3 Å². The molecule has 2 rings (SSSR count). The van der Waals surface area contributed by atoms with Crippen molar-refractivity contribution < 1.29 is 5.11 Å². The maximum Gasteiger partial charge on any atom is 0.0922 e. The van der Waals surface area contributed by atoms with Gasteiger partial charge in [-0.05, 0) is 42.9 Å². The van der Waals surface area contributed by atoms with Gasteiger partial charge in [0, 0.05) is 4.47 Å². The summed E-state index contributed by atoms with van der Waals surface area (Å²) in [6, 6.07) is 8.08. The van der Waals surface area contributed by atoms with E-state index in [1.807, 2.05) is 24.3 Å². The van der Waals surface area contributed by atoms with Gasteiger partial charge in [0.1, 0.15) is 0 Å². The fourth-order valence-corrected chi connectivity index (χ4v) is 2.77. The lowest BCUT2D eigenvalue weighted by molar-refractivity contribution is -0.0595. The molecule has 1 aliphatic carbocycles. The number of hydrogen-bond donors (Lipinski definition) is 1. The highest BCUT2D eigenvalue weighted by atomic mass is 79.9. The number of hydrogen-bond acceptors (Lipinski definition) is 1. The Kier molecular flexibility index (Phi) is 3.17. The van der Waals surface area contributed by atoms with E-state index in [4.69, 9.17) is 0 Å². The predicted molar refractivity (Wildman–Crippen MR) is 65.7 cm³/mol. The summed E-state index contributed by atoms with van der Waals surface area (Å²) >= 11 is 3.46. The molecule has 0 spiro atoms. The van der Waals surface area contributed by atoms with Crippen LogP contribution >= 0.6 is 15.9 Å². The molecule has 1 aliphatic rings. The molecule has 1 unspecified atom stereocenters. The quantitative estimate of drug-likeness (QED) is 0.883. The highest BCUT2D eigenvalue weighted by Gasteiger charge is 2.39. The van der Waals surface area contributed by atoms with E-state index >= 15 is 0 Å². The van der Waals surface area contributed by atoms with Gasteiger partial charge in [-0.2, -0.15) is 0 Å². The molecular formula is C13H17BrO. The van der Waals surface area contributed by atoms with Crippen molar-refractivity contribution in [3.8, 4) is 0 Å². The lowest BCUT2D eigenvalue weighted by atomic mass is 9.68.